The van der Waals surface area contributed by atoms with Crippen molar-refractivity contribution in [1.29, 1.82) is 0 Å². The molecule has 2 heterocycles. The van der Waals surface area contributed by atoms with Gasteiger partial charge in [0.1, 0.15) is 5.60 Å². The fourth-order valence-electron chi connectivity index (χ4n) is 4.86. The second kappa shape index (κ2) is 13.2. The molecule has 2 fully saturated rings. The highest BCUT2D eigenvalue weighted by Crippen LogP contribution is 2.26. The van der Waals surface area contributed by atoms with Crippen LogP contribution in [0.5, 0.6) is 0 Å². The number of benzene rings is 2. The van der Waals surface area contributed by atoms with Crippen molar-refractivity contribution in [2.75, 3.05) is 81.9 Å². The zero-order valence-electron chi connectivity index (χ0n) is 24.6. The molecule has 0 bridgehead atoms. The molecule has 8 heteroatoms. The summed E-state index contributed by atoms with van der Waals surface area (Å²) in [5.41, 5.74) is 3.93. The van der Waals surface area contributed by atoms with Gasteiger partial charge in [-0.3, -0.25) is 5.32 Å². The van der Waals surface area contributed by atoms with Crippen LogP contribution in [0.4, 0.5) is 27.5 Å². The zero-order chi connectivity index (χ0) is 27.9. The molecule has 0 saturated carbocycles. The second-order valence-corrected chi connectivity index (χ2v) is 11.7. The van der Waals surface area contributed by atoms with E-state index in [0.717, 1.165) is 44.0 Å². The molecule has 4 rings (SSSR count). The number of nitrogens with zero attached hydrogens (tertiary/aromatic N) is 4. The molecule has 2 aromatic rings. The Morgan fingerprint density at radius 3 is 1.74 bits per heavy atom. The lowest BCUT2D eigenvalue weighted by Gasteiger charge is -2.23. The molecule has 2 aromatic carbocycles. The van der Waals surface area contributed by atoms with Crippen LogP contribution in [-0.2, 0) is 4.74 Å². The zero-order valence-corrected chi connectivity index (χ0v) is 24.6. The number of nitrogens with one attached hydrogen (secondary N) is 2. The Morgan fingerprint density at radius 1 is 0.842 bits per heavy atom. The summed E-state index contributed by atoms with van der Waals surface area (Å²) in [5, 5.41) is 5.99. The summed E-state index contributed by atoms with van der Waals surface area (Å²) in [4.78, 5) is 21.3. The van der Waals surface area contributed by atoms with Crippen LogP contribution in [-0.4, -0.2) is 95.0 Å². The van der Waals surface area contributed by atoms with Gasteiger partial charge < -0.3 is 29.7 Å². The number of likely N-dealkylation sites (N-methyl/N-ethyl adjacent to an activating group) is 2. The van der Waals surface area contributed by atoms with Crippen molar-refractivity contribution in [2.24, 2.45) is 0 Å². The predicted octanol–water partition coefficient (Wildman–Crippen LogP) is 5.04. The van der Waals surface area contributed by atoms with Crippen molar-refractivity contribution in [1.82, 2.24) is 9.80 Å². The third kappa shape index (κ3) is 8.81. The van der Waals surface area contributed by atoms with Crippen molar-refractivity contribution in [2.45, 2.75) is 51.3 Å². The average Bonchev–Trinajstić information content (AvgIpc) is 3.54. The standard InChI is InChI=1S/C17H27N3O2.C13H21N3/c1-17(2,3)22-16(21)18-13-7-6-8-14(11-13)20-10-9-15(12-20)19(4)5;1-14-11-5-4-6-12(9-11)16-8-7-13(10-16)15(2)3/h6-8,11,15H,9-10,12H2,1-5H3,(H,18,21);4-6,9,13-14H,7-8,10H2,1-3H3. The number of anilines is 4. The Hall–Kier alpha value is -2.97. The molecule has 210 valence electrons. The van der Waals surface area contributed by atoms with Crippen LogP contribution in [0.1, 0.15) is 33.6 Å². The maximum absolute atomic E-state index is 11.8. The van der Waals surface area contributed by atoms with Crippen LogP contribution < -0.4 is 20.4 Å². The number of carbonyl (C=O) groups is 1. The molecule has 2 aliphatic heterocycles. The second-order valence-electron chi connectivity index (χ2n) is 11.7. The first kappa shape index (κ1) is 29.6. The van der Waals surface area contributed by atoms with E-state index in [4.69, 9.17) is 4.74 Å². The Labute approximate surface area is 229 Å². The fourth-order valence-corrected chi connectivity index (χ4v) is 4.86. The topological polar surface area (TPSA) is 63.3 Å². The first-order chi connectivity index (χ1) is 17.9. The van der Waals surface area contributed by atoms with Crippen LogP contribution in [0.2, 0.25) is 0 Å². The number of ether oxygens (including phenoxy) is 1. The minimum absolute atomic E-state index is 0.419. The quantitative estimate of drug-likeness (QED) is 0.549. The number of hydrogen-bond donors (Lipinski definition) is 2. The predicted molar refractivity (Wildman–Crippen MR) is 161 cm³/mol. The van der Waals surface area contributed by atoms with Crippen LogP contribution in [0.15, 0.2) is 48.5 Å². The van der Waals surface area contributed by atoms with Crippen LogP contribution in [0, 0.1) is 0 Å². The van der Waals surface area contributed by atoms with Crippen LogP contribution in [0.3, 0.4) is 0 Å². The fraction of sp³-hybridized carbons (Fsp3) is 0.567. The maximum Gasteiger partial charge on any atom is 0.412 e. The van der Waals surface area contributed by atoms with Crippen molar-refractivity contribution >= 4 is 28.8 Å². The molecule has 0 aliphatic carbocycles. The molecular weight excluding hydrogens is 476 g/mol. The van der Waals surface area contributed by atoms with E-state index < -0.39 is 11.7 Å². The van der Waals surface area contributed by atoms with E-state index in [1.165, 1.54) is 17.8 Å². The molecule has 8 nitrogen and oxygen atoms in total. The van der Waals surface area contributed by atoms with E-state index in [1.54, 1.807) is 0 Å². The number of hydrogen-bond acceptors (Lipinski definition) is 7. The van der Waals surface area contributed by atoms with Gasteiger partial charge in [-0.2, -0.15) is 0 Å². The van der Waals surface area contributed by atoms with E-state index in [9.17, 15) is 4.79 Å². The first-order valence-corrected chi connectivity index (χ1v) is 13.7. The summed E-state index contributed by atoms with van der Waals surface area (Å²) in [7, 11) is 10.5. The van der Waals surface area contributed by atoms with Gasteiger partial charge in [-0.1, -0.05) is 12.1 Å². The van der Waals surface area contributed by atoms with Gasteiger partial charge >= 0.3 is 6.09 Å². The van der Waals surface area contributed by atoms with Gasteiger partial charge in [0.2, 0.25) is 0 Å². The number of carbonyl (C=O) groups excluding carboxylic acids is 1. The highest BCUT2D eigenvalue weighted by Gasteiger charge is 2.25. The molecule has 1 amide bonds. The summed E-state index contributed by atoms with van der Waals surface area (Å²) in [6.45, 7) is 9.93. The van der Waals surface area contributed by atoms with Gasteiger partial charge in [-0.05, 0) is 98.2 Å². The molecule has 2 atom stereocenters. The van der Waals surface area contributed by atoms with Crippen LogP contribution >= 0.6 is 0 Å². The summed E-state index contributed by atoms with van der Waals surface area (Å²) in [6.07, 6.45) is 2.00. The lowest BCUT2D eigenvalue weighted by atomic mass is 10.2. The summed E-state index contributed by atoms with van der Waals surface area (Å²) in [6, 6.07) is 17.8. The van der Waals surface area contributed by atoms with Crippen molar-refractivity contribution < 1.29 is 9.53 Å². The molecule has 2 N–H and O–H groups in total. The number of amides is 1. The monoisotopic (exact) mass is 524 g/mol. The minimum atomic E-state index is -0.490. The lowest BCUT2D eigenvalue weighted by molar-refractivity contribution is 0.0636. The van der Waals surface area contributed by atoms with E-state index in [2.05, 4.69) is 88.8 Å². The summed E-state index contributed by atoms with van der Waals surface area (Å²) < 4.78 is 5.29. The molecule has 2 aliphatic rings. The Balaban J connectivity index is 0.000000221. The van der Waals surface area contributed by atoms with Gasteiger partial charge in [0, 0.05) is 68.1 Å². The van der Waals surface area contributed by atoms with Gasteiger partial charge in [-0.25, -0.2) is 4.79 Å². The van der Waals surface area contributed by atoms with Crippen molar-refractivity contribution in [3.05, 3.63) is 48.5 Å². The van der Waals surface area contributed by atoms with E-state index in [-0.39, 0.29) is 0 Å². The largest absolute Gasteiger partial charge is 0.444 e. The Bertz CT molecular complexity index is 1040. The molecule has 2 unspecified atom stereocenters. The molecular formula is C30H48N6O2. The van der Waals surface area contributed by atoms with Crippen molar-refractivity contribution in [3.63, 3.8) is 0 Å². The third-order valence-corrected chi connectivity index (χ3v) is 7.14. The molecule has 0 aromatic heterocycles. The normalized spacial score (nSPS) is 19.4. The third-order valence-electron chi connectivity index (χ3n) is 7.14. The Kier molecular flexibility index (Phi) is 10.3. The molecule has 38 heavy (non-hydrogen) atoms. The van der Waals surface area contributed by atoms with Crippen molar-refractivity contribution in [3.8, 4) is 0 Å². The van der Waals surface area contributed by atoms with E-state index in [0.29, 0.717) is 12.1 Å². The van der Waals surface area contributed by atoms with Gasteiger partial charge in [-0.15, -0.1) is 0 Å². The highest BCUT2D eigenvalue weighted by atomic mass is 16.6. The Morgan fingerprint density at radius 2 is 1.32 bits per heavy atom. The molecule has 0 spiro atoms. The van der Waals surface area contributed by atoms with Gasteiger partial charge in [0.15, 0.2) is 0 Å². The smallest absolute Gasteiger partial charge is 0.412 e. The first-order valence-electron chi connectivity index (χ1n) is 13.7. The lowest BCUT2D eigenvalue weighted by Crippen LogP contribution is -2.31. The summed E-state index contributed by atoms with van der Waals surface area (Å²) >= 11 is 0. The minimum Gasteiger partial charge on any atom is -0.444 e. The number of rotatable bonds is 6. The van der Waals surface area contributed by atoms with Gasteiger partial charge in [0.25, 0.3) is 0 Å². The SMILES string of the molecule is CN(C)C1CCN(c2cccc(NC(=O)OC(C)(C)C)c2)C1.CNc1cccc(N2CCC(N(C)C)C2)c1. The van der Waals surface area contributed by atoms with E-state index in [1.807, 2.05) is 46.0 Å². The summed E-state index contributed by atoms with van der Waals surface area (Å²) in [5.74, 6) is 0. The van der Waals surface area contributed by atoms with E-state index >= 15 is 0 Å². The average molecular weight is 525 g/mol. The van der Waals surface area contributed by atoms with Crippen LogP contribution in [0.25, 0.3) is 0 Å². The molecule has 0 radical (unpaired) electrons. The molecule has 2 saturated heterocycles. The maximum atomic E-state index is 11.8. The highest BCUT2D eigenvalue weighted by molar-refractivity contribution is 5.85. The van der Waals surface area contributed by atoms with Gasteiger partial charge in [0.05, 0.1) is 0 Å².